The number of nitrogens with one attached hydrogen (secondary N) is 6. The Kier molecular flexibility index (Phi) is 15.2. The van der Waals surface area contributed by atoms with E-state index >= 15 is 4.39 Å². The molecule has 0 saturated heterocycles. The first-order valence-corrected chi connectivity index (χ1v) is 22.6. The van der Waals surface area contributed by atoms with Crippen LogP contribution >= 0.6 is 0 Å². The van der Waals surface area contributed by atoms with E-state index in [1.54, 1.807) is 19.9 Å². The maximum Gasteiger partial charge on any atom is 0.343 e. The number of cyclic esters (lactones) is 1. The highest BCUT2D eigenvalue weighted by Crippen LogP contribution is 2.46. The number of halogens is 1. The Morgan fingerprint density at radius 3 is 2.41 bits per heavy atom. The predicted molar refractivity (Wildman–Crippen MR) is 239 cm³/mol. The standard InChI is InChI=1S/C46H54FN9O13/c1-4-46(67)28-14-32-42-26(19-56(32)44(65)27(28)20-69-45(46)66)41-30(10-9-25-23(2)29(47)15-31(54-42)40(25)41)53-37(61)21-68-22-51-35(59)17-50-43(64)24(3)52-36(60)18-49-34(58)16-48-33(57)8-6-5-7-13-55-38(62)11-12-39(55)63/h11-12,14-15,24,30,38,62,67H,4-10,13,16-22H2,1-3H3,(H,48,57)(H,49,58)(H,50,64)(H,51,59)(H,52,60)(H,53,61)/t24-,30-,38?,46-/m0/s1. The summed E-state index contributed by atoms with van der Waals surface area (Å²) in [6.07, 6.45) is 4.34. The van der Waals surface area contributed by atoms with Crippen LogP contribution < -0.4 is 37.5 Å². The van der Waals surface area contributed by atoms with E-state index in [1.165, 1.54) is 34.6 Å². The molecule has 4 atom stereocenters. The van der Waals surface area contributed by atoms with Gasteiger partial charge in [-0.3, -0.25) is 38.4 Å². The highest BCUT2D eigenvalue weighted by molar-refractivity contribution is 5.95. The van der Waals surface area contributed by atoms with Gasteiger partial charge in [-0.2, -0.15) is 0 Å². The van der Waals surface area contributed by atoms with Crippen LogP contribution in [0.25, 0.3) is 22.3 Å². The van der Waals surface area contributed by atoms with Crippen LogP contribution in [0.1, 0.15) is 91.8 Å². The summed E-state index contributed by atoms with van der Waals surface area (Å²) in [5.41, 5.74) is 1.20. The average molecular weight is 960 g/mol. The third kappa shape index (κ3) is 10.6. The number of carbonyl (C=O) groups excluding carboxylic acids is 8. The zero-order valence-electron chi connectivity index (χ0n) is 38.3. The number of amides is 7. The maximum absolute atomic E-state index is 15.3. The van der Waals surface area contributed by atoms with E-state index in [1.807, 2.05) is 0 Å². The summed E-state index contributed by atoms with van der Waals surface area (Å²) >= 11 is 0. The molecule has 0 bridgehead atoms. The Bertz CT molecular complexity index is 2720. The van der Waals surface area contributed by atoms with E-state index < -0.39 is 97.2 Å². The molecule has 1 unspecified atom stereocenters. The first kappa shape index (κ1) is 49.8. The second-order valence-corrected chi connectivity index (χ2v) is 17.2. The molecule has 0 radical (unpaired) electrons. The number of fused-ring (bicyclic) bond motifs is 5. The summed E-state index contributed by atoms with van der Waals surface area (Å²) < 4.78 is 27.3. The number of aliphatic hydroxyl groups excluding tert-OH is 1. The predicted octanol–water partition coefficient (Wildman–Crippen LogP) is -1.15. The lowest BCUT2D eigenvalue weighted by atomic mass is 9.81. The van der Waals surface area contributed by atoms with Crippen LogP contribution in [0.15, 0.2) is 29.1 Å². The second-order valence-electron chi connectivity index (χ2n) is 17.2. The maximum atomic E-state index is 15.3. The van der Waals surface area contributed by atoms with Crippen molar-refractivity contribution in [2.24, 2.45) is 0 Å². The summed E-state index contributed by atoms with van der Waals surface area (Å²) in [6.45, 7) is 2.48. The lowest BCUT2D eigenvalue weighted by Crippen LogP contribution is -2.50. The molecule has 3 aliphatic heterocycles. The van der Waals surface area contributed by atoms with Crippen molar-refractivity contribution in [3.63, 3.8) is 0 Å². The van der Waals surface area contributed by atoms with Crippen molar-refractivity contribution < 1.29 is 62.4 Å². The van der Waals surface area contributed by atoms with Gasteiger partial charge >= 0.3 is 5.97 Å². The Morgan fingerprint density at radius 2 is 1.67 bits per heavy atom. The van der Waals surface area contributed by atoms with Gasteiger partial charge in [0.2, 0.25) is 41.4 Å². The van der Waals surface area contributed by atoms with Crippen molar-refractivity contribution in [2.75, 3.05) is 39.5 Å². The molecule has 8 N–H and O–H groups in total. The van der Waals surface area contributed by atoms with Gasteiger partial charge in [-0.05, 0) is 74.8 Å². The van der Waals surface area contributed by atoms with Crippen molar-refractivity contribution >= 4 is 58.2 Å². The highest BCUT2D eigenvalue weighted by atomic mass is 19.1. The fourth-order valence-electron chi connectivity index (χ4n) is 8.95. The molecule has 69 heavy (non-hydrogen) atoms. The molecule has 0 spiro atoms. The lowest BCUT2D eigenvalue weighted by Gasteiger charge is -2.31. The lowest BCUT2D eigenvalue weighted by molar-refractivity contribution is -0.172. The minimum Gasteiger partial charge on any atom is -0.458 e. The third-order valence-electron chi connectivity index (χ3n) is 12.7. The number of benzene rings is 1. The topological polar surface area (TPSA) is 306 Å². The van der Waals surface area contributed by atoms with E-state index in [-0.39, 0.29) is 55.5 Å². The van der Waals surface area contributed by atoms with Crippen molar-refractivity contribution in [3.05, 3.63) is 73.8 Å². The summed E-state index contributed by atoms with van der Waals surface area (Å²) in [5.74, 6) is -5.24. The van der Waals surface area contributed by atoms with Crippen LogP contribution in [-0.4, -0.2) is 124 Å². The Morgan fingerprint density at radius 1 is 0.942 bits per heavy atom. The quantitative estimate of drug-likeness (QED) is 0.0295. The summed E-state index contributed by atoms with van der Waals surface area (Å²) in [6, 6.07) is 1.16. The fourth-order valence-corrected chi connectivity index (χ4v) is 8.95. The molecule has 22 nitrogen and oxygen atoms in total. The van der Waals surface area contributed by atoms with Gasteiger partial charge in [-0.25, -0.2) is 14.2 Å². The molecule has 0 fully saturated rings. The zero-order valence-corrected chi connectivity index (χ0v) is 38.3. The van der Waals surface area contributed by atoms with E-state index in [0.29, 0.717) is 77.6 Å². The number of unbranched alkanes of at least 4 members (excludes halogenated alkanes) is 2. The molecular weight excluding hydrogens is 906 g/mol. The molecule has 1 aromatic carbocycles. The minimum atomic E-state index is -2.04. The van der Waals surface area contributed by atoms with Crippen LogP contribution in [0.2, 0.25) is 0 Å². The van der Waals surface area contributed by atoms with Gasteiger partial charge in [0.05, 0.1) is 54.7 Å². The van der Waals surface area contributed by atoms with Crippen LogP contribution in [0, 0.1) is 12.7 Å². The number of aryl methyl sites for hydroxylation is 1. The van der Waals surface area contributed by atoms with Gasteiger partial charge in [0.25, 0.3) is 5.56 Å². The fraction of sp³-hybridized carbons (Fsp3) is 0.478. The average Bonchev–Trinajstić information content (AvgIpc) is 3.86. The van der Waals surface area contributed by atoms with E-state index in [2.05, 4.69) is 31.9 Å². The normalized spacial score (nSPS) is 19.0. The number of hydrogen-bond acceptors (Lipinski definition) is 14. The molecular formula is C46H54FN9O13. The Labute approximate surface area is 393 Å². The number of aromatic nitrogens is 2. The number of pyridine rings is 2. The van der Waals surface area contributed by atoms with Gasteiger partial charge < -0.3 is 61.1 Å². The molecule has 2 aromatic heterocycles. The van der Waals surface area contributed by atoms with E-state index in [0.717, 1.165) is 5.56 Å². The van der Waals surface area contributed by atoms with Gasteiger partial charge in [0.1, 0.15) is 38.0 Å². The molecule has 23 heteroatoms. The van der Waals surface area contributed by atoms with Crippen LogP contribution in [-0.2, 0) is 73.0 Å². The molecule has 7 rings (SSSR count). The van der Waals surface area contributed by atoms with Crippen molar-refractivity contribution in [1.82, 2.24) is 46.4 Å². The van der Waals surface area contributed by atoms with Crippen molar-refractivity contribution in [1.29, 1.82) is 0 Å². The number of nitrogens with zero attached hydrogens (tertiary/aromatic N) is 3. The first-order chi connectivity index (χ1) is 32.9. The Hall–Kier alpha value is -7.11. The molecule has 5 heterocycles. The van der Waals surface area contributed by atoms with Gasteiger partial charge in [0, 0.05) is 41.6 Å². The third-order valence-corrected chi connectivity index (χ3v) is 12.7. The van der Waals surface area contributed by atoms with Crippen LogP contribution in [0.5, 0.6) is 0 Å². The van der Waals surface area contributed by atoms with Crippen LogP contribution in [0.3, 0.4) is 0 Å². The zero-order chi connectivity index (χ0) is 49.7. The molecule has 1 aliphatic carbocycles. The smallest absolute Gasteiger partial charge is 0.343 e. The van der Waals surface area contributed by atoms with E-state index in [9.17, 15) is 53.4 Å². The second kappa shape index (κ2) is 21.0. The largest absolute Gasteiger partial charge is 0.458 e. The minimum absolute atomic E-state index is 0.0456. The monoisotopic (exact) mass is 959 g/mol. The van der Waals surface area contributed by atoms with Crippen molar-refractivity contribution in [3.8, 4) is 11.4 Å². The first-order valence-electron chi connectivity index (χ1n) is 22.6. The molecule has 3 aromatic rings. The number of carbonyl (C=O) groups is 8. The molecule has 7 amide bonds. The molecule has 368 valence electrons. The number of hydrogen-bond donors (Lipinski definition) is 8. The van der Waals surface area contributed by atoms with Gasteiger partial charge in [-0.15, -0.1) is 0 Å². The number of rotatable bonds is 20. The van der Waals surface area contributed by atoms with Gasteiger partial charge in [0.15, 0.2) is 5.60 Å². The summed E-state index contributed by atoms with van der Waals surface area (Å²) in [4.78, 5) is 119. The number of aliphatic hydroxyl groups is 2. The van der Waals surface area contributed by atoms with E-state index in [4.69, 9.17) is 14.5 Å². The SMILES string of the molecule is CC[C@@]1(O)C(=O)OCc2c1cc1n(c2=O)Cc2c-1nc1cc(F)c(C)c3c1c2[C@@H](NC(=O)COCNC(=O)CNC(=O)[C@H](C)NC(=O)CNC(=O)CNC(=O)CCCCCN1C(=O)C=CC1O)CC3. The molecule has 4 aliphatic rings. The van der Waals surface area contributed by atoms with Crippen molar-refractivity contribution in [2.45, 2.75) is 103 Å². The van der Waals surface area contributed by atoms with Gasteiger partial charge in [-0.1, -0.05) is 13.3 Å². The number of ether oxygens (including phenoxy) is 2. The molecule has 0 saturated carbocycles. The summed E-state index contributed by atoms with van der Waals surface area (Å²) in [7, 11) is 0. The highest BCUT2D eigenvalue weighted by Gasteiger charge is 2.46. The van der Waals surface area contributed by atoms with Crippen LogP contribution in [0.4, 0.5) is 4.39 Å². The Balaban J connectivity index is 0.831. The number of esters is 1. The summed E-state index contributed by atoms with van der Waals surface area (Å²) in [5, 5.41) is 36.6.